The molecule has 2 aliphatic rings. The summed E-state index contributed by atoms with van der Waals surface area (Å²) in [6.07, 6.45) is 3.36. The lowest BCUT2D eigenvalue weighted by atomic mass is 10.0. The fraction of sp³-hybridized carbons (Fsp3) is 0.846. The highest BCUT2D eigenvalue weighted by Crippen LogP contribution is 2.54. The standard InChI is InChI=1S/C13H22N2O2/c1-13(2,3)15-11(16)7-14-12(17)10-5-8-4-9(8)6-10/h8-10H,4-7H2,1-3H3,(H,14,17)(H,15,16). The van der Waals surface area contributed by atoms with Gasteiger partial charge in [-0.25, -0.2) is 0 Å². The maximum atomic E-state index is 11.8. The third-order valence-electron chi connectivity index (χ3n) is 3.55. The van der Waals surface area contributed by atoms with Crippen molar-refractivity contribution in [2.75, 3.05) is 6.54 Å². The first-order chi connectivity index (χ1) is 7.85. The summed E-state index contributed by atoms with van der Waals surface area (Å²) in [5.41, 5.74) is -0.239. The summed E-state index contributed by atoms with van der Waals surface area (Å²) in [6.45, 7) is 5.88. The first-order valence-corrected chi connectivity index (χ1v) is 6.44. The van der Waals surface area contributed by atoms with E-state index in [0.29, 0.717) is 0 Å². The van der Waals surface area contributed by atoms with E-state index in [1.54, 1.807) is 0 Å². The van der Waals surface area contributed by atoms with Crippen molar-refractivity contribution in [2.24, 2.45) is 17.8 Å². The summed E-state index contributed by atoms with van der Waals surface area (Å²) in [5.74, 6) is 1.69. The van der Waals surface area contributed by atoms with Crippen LogP contribution in [0.2, 0.25) is 0 Å². The van der Waals surface area contributed by atoms with Gasteiger partial charge in [-0.05, 0) is 51.9 Å². The first-order valence-electron chi connectivity index (χ1n) is 6.44. The molecule has 0 spiro atoms. The minimum Gasteiger partial charge on any atom is -0.350 e. The molecule has 0 aromatic carbocycles. The van der Waals surface area contributed by atoms with Crippen LogP contribution in [0.3, 0.4) is 0 Å². The lowest BCUT2D eigenvalue weighted by Gasteiger charge is -2.21. The van der Waals surface area contributed by atoms with E-state index in [9.17, 15) is 9.59 Å². The molecule has 0 saturated heterocycles. The van der Waals surface area contributed by atoms with Crippen LogP contribution in [0.25, 0.3) is 0 Å². The number of amides is 2. The second-order valence-electron chi connectivity index (χ2n) is 6.44. The summed E-state index contributed by atoms with van der Waals surface area (Å²) in [5, 5.41) is 5.57. The summed E-state index contributed by atoms with van der Waals surface area (Å²) >= 11 is 0. The molecule has 2 unspecified atom stereocenters. The molecular weight excluding hydrogens is 216 g/mol. The van der Waals surface area contributed by atoms with Gasteiger partial charge in [0.25, 0.3) is 0 Å². The Balaban J connectivity index is 1.67. The Hall–Kier alpha value is -1.06. The third kappa shape index (κ3) is 3.45. The molecule has 0 aromatic heterocycles. The predicted octanol–water partition coefficient (Wildman–Crippen LogP) is 1.06. The highest BCUT2D eigenvalue weighted by atomic mass is 16.2. The molecule has 0 aromatic rings. The molecule has 0 aliphatic heterocycles. The molecule has 4 heteroatoms. The van der Waals surface area contributed by atoms with E-state index in [-0.39, 0.29) is 29.8 Å². The van der Waals surface area contributed by atoms with E-state index in [4.69, 9.17) is 0 Å². The maximum absolute atomic E-state index is 11.8. The number of carbonyl (C=O) groups is 2. The molecular formula is C13H22N2O2. The molecule has 0 bridgehead atoms. The van der Waals surface area contributed by atoms with E-state index < -0.39 is 0 Å². The van der Waals surface area contributed by atoms with Crippen molar-refractivity contribution in [1.29, 1.82) is 0 Å². The van der Waals surface area contributed by atoms with Gasteiger partial charge in [-0.3, -0.25) is 9.59 Å². The Labute approximate surface area is 103 Å². The van der Waals surface area contributed by atoms with Gasteiger partial charge in [0.15, 0.2) is 0 Å². The Morgan fingerprint density at radius 2 is 1.71 bits per heavy atom. The van der Waals surface area contributed by atoms with Crippen LogP contribution in [0.1, 0.15) is 40.0 Å². The van der Waals surface area contributed by atoms with Crippen LogP contribution in [0.4, 0.5) is 0 Å². The minimum absolute atomic E-state index is 0.0567. The SMILES string of the molecule is CC(C)(C)NC(=O)CNC(=O)C1CC2CC2C1. The maximum Gasteiger partial charge on any atom is 0.239 e. The topological polar surface area (TPSA) is 58.2 Å². The fourth-order valence-corrected chi connectivity index (χ4v) is 2.70. The zero-order valence-electron chi connectivity index (χ0n) is 10.9. The zero-order chi connectivity index (χ0) is 12.6. The van der Waals surface area contributed by atoms with Gasteiger partial charge in [0.2, 0.25) is 11.8 Å². The molecule has 2 fully saturated rings. The van der Waals surface area contributed by atoms with Gasteiger partial charge in [-0.1, -0.05) is 0 Å². The molecule has 2 aliphatic carbocycles. The molecule has 2 amide bonds. The van der Waals surface area contributed by atoms with Crippen molar-refractivity contribution in [3.63, 3.8) is 0 Å². The summed E-state index contributed by atoms with van der Waals surface area (Å²) in [7, 11) is 0. The monoisotopic (exact) mass is 238 g/mol. The Kier molecular flexibility index (Phi) is 3.15. The smallest absolute Gasteiger partial charge is 0.239 e. The van der Waals surface area contributed by atoms with E-state index in [1.165, 1.54) is 6.42 Å². The quantitative estimate of drug-likeness (QED) is 0.772. The van der Waals surface area contributed by atoms with Crippen molar-refractivity contribution in [3.8, 4) is 0 Å². The van der Waals surface area contributed by atoms with E-state index in [0.717, 1.165) is 24.7 Å². The average molecular weight is 238 g/mol. The van der Waals surface area contributed by atoms with Crippen molar-refractivity contribution < 1.29 is 9.59 Å². The van der Waals surface area contributed by atoms with Crippen LogP contribution >= 0.6 is 0 Å². The van der Waals surface area contributed by atoms with E-state index in [2.05, 4.69) is 10.6 Å². The number of hydrogen-bond donors (Lipinski definition) is 2. The van der Waals surface area contributed by atoms with Crippen molar-refractivity contribution in [2.45, 2.75) is 45.6 Å². The first kappa shape index (κ1) is 12.4. The molecule has 2 saturated carbocycles. The van der Waals surface area contributed by atoms with Gasteiger partial charge >= 0.3 is 0 Å². The van der Waals surface area contributed by atoms with Crippen molar-refractivity contribution in [3.05, 3.63) is 0 Å². The average Bonchev–Trinajstić information content (AvgIpc) is 2.80. The number of nitrogens with one attached hydrogen (secondary N) is 2. The summed E-state index contributed by atoms with van der Waals surface area (Å²) in [4.78, 5) is 23.3. The summed E-state index contributed by atoms with van der Waals surface area (Å²) in [6, 6.07) is 0. The molecule has 17 heavy (non-hydrogen) atoms. The van der Waals surface area contributed by atoms with E-state index in [1.807, 2.05) is 20.8 Å². The second-order valence-corrected chi connectivity index (χ2v) is 6.44. The molecule has 0 radical (unpaired) electrons. The van der Waals surface area contributed by atoms with Crippen molar-refractivity contribution in [1.82, 2.24) is 10.6 Å². The van der Waals surface area contributed by atoms with Gasteiger partial charge < -0.3 is 10.6 Å². The molecule has 2 N–H and O–H groups in total. The van der Waals surface area contributed by atoms with Crippen LogP contribution < -0.4 is 10.6 Å². The number of rotatable bonds is 3. The lowest BCUT2D eigenvalue weighted by molar-refractivity contribution is -0.129. The van der Waals surface area contributed by atoms with E-state index >= 15 is 0 Å². The number of carbonyl (C=O) groups excluding carboxylic acids is 2. The van der Waals surface area contributed by atoms with Gasteiger partial charge in [0.1, 0.15) is 0 Å². The van der Waals surface area contributed by atoms with Crippen LogP contribution in [0.15, 0.2) is 0 Å². The zero-order valence-corrected chi connectivity index (χ0v) is 10.9. The van der Waals surface area contributed by atoms with Crippen LogP contribution in [0, 0.1) is 17.8 Å². The van der Waals surface area contributed by atoms with Gasteiger partial charge in [0, 0.05) is 11.5 Å². The van der Waals surface area contributed by atoms with Gasteiger partial charge in [-0.2, -0.15) is 0 Å². The summed E-state index contributed by atoms with van der Waals surface area (Å²) < 4.78 is 0. The normalized spacial score (nSPS) is 30.6. The highest BCUT2D eigenvalue weighted by Gasteiger charge is 2.47. The fourth-order valence-electron chi connectivity index (χ4n) is 2.70. The molecule has 2 atom stereocenters. The Morgan fingerprint density at radius 3 is 2.24 bits per heavy atom. The highest BCUT2D eigenvalue weighted by molar-refractivity contribution is 5.86. The van der Waals surface area contributed by atoms with Crippen LogP contribution in [-0.2, 0) is 9.59 Å². The van der Waals surface area contributed by atoms with Crippen molar-refractivity contribution >= 4 is 11.8 Å². The molecule has 96 valence electrons. The largest absolute Gasteiger partial charge is 0.350 e. The molecule has 2 rings (SSSR count). The number of hydrogen-bond acceptors (Lipinski definition) is 2. The second kappa shape index (κ2) is 4.31. The Bertz CT molecular complexity index is 323. The van der Waals surface area contributed by atoms with Crippen LogP contribution in [0.5, 0.6) is 0 Å². The molecule has 0 heterocycles. The lowest BCUT2D eigenvalue weighted by Crippen LogP contribution is -2.46. The molecule has 4 nitrogen and oxygen atoms in total. The van der Waals surface area contributed by atoms with Gasteiger partial charge in [-0.15, -0.1) is 0 Å². The number of fused-ring (bicyclic) bond motifs is 1. The predicted molar refractivity (Wildman–Crippen MR) is 65.2 cm³/mol. The van der Waals surface area contributed by atoms with Crippen LogP contribution in [-0.4, -0.2) is 23.9 Å². The third-order valence-corrected chi connectivity index (χ3v) is 3.55. The van der Waals surface area contributed by atoms with Gasteiger partial charge in [0.05, 0.1) is 6.54 Å². The minimum atomic E-state index is -0.239. The Morgan fingerprint density at radius 1 is 1.12 bits per heavy atom.